The topological polar surface area (TPSA) is 81.9 Å². The summed E-state index contributed by atoms with van der Waals surface area (Å²) in [6.07, 6.45) is 9.25. The van der Waals surface area contributed by atoms with E-state index in [1.54, 1.807) is 47.8 Å². The van der Waals surface area contributed by atoms with Crippen LogP contribution < -0.4 is 10.1 Å². The van der Waals surface area contributed by atoms with Crippen LogP contribution in [0.3, 0.4) is 0 Å². The highest BCUT2D eigenvalue weighted by atomic mass is 16.5. The number of pyridine rings is 2. The Hall–Kier alpha value is -3.22. The average Bonchev–Trinajstić information content (AvgIpc) is 3.20. The Labute approximate surface area is 145 Å². The zero-order chi connectivity index (χ0) is 17.5. The first kappa shape index (κ1) is 16.6. The lowest BCUT2D eigenvalue weighted by Crippen LogP contribution is -2.23. The van der Waals surface area contributed by atoms with Crippen LogP contribution in [0.1, 0.15) is 29.3 Å². The zero-order valence-electron chi connectivity index (χ0n) is 13.9. The fourth-order valence-electron chi connectivity index (χ4n) is 2.26. The van der Waals surface area contributed by atoms with Crippen LogP contribution in [0.25, 0.3) is 5.82 Å². The molecule has 0 fully saturated rings. The Morgan fingerprint density at radius 2 is 2.16 bits per heavy atom. The van der Waals surface area contributed by atoms with Crippen LogP contribution in [0.2, 0.25) is 0 Å². The SMILES string of the molecule is CCCOc1ncccc1CNC(=O)c1ccnc(-n2ccnc2)c1. The minimum absolute atomic E-state index is 0.186. The van der Waals surface area contributed by atoms with Gasteiger partial charge in [0.1, 0.15) is 12.1 Å². The minimum Gasteiger partial charge on any atom is -0.477 e. The monoisotopic (exact) mass is 337 g/mol. The van der Waals surface area contributed by atoms with Crippen LogP contribution in [0.4, 0.5) is 0 Å². The van der Waals surface area contributed by atoms with E-state index in [0.717, 1.165) is 12.0 Å². The molecule has 3 aromatic heterocycles. The molecule has 7 nitrogen and oxygen atoms in total. The van der Waals surface area contributed by atoms with Crippen molar-refractivity contribution in [1.29, 1.82) is 0 Å². The molecule has 128 valence electrons. The van der Waals surface area contributed by atoms with Gasteiger partial charge in [-0.25, -0.2) is 15.0 Å². The molecular formula is C18H19N5O2. The van der Waals surface area contributed by atoms with Crippen LogP contribution >= 0.6 is 0 Å². The summed E-state index contributed by atoms with van der Waals surface area (Å²) < 4.78 is 7.35. The molecule has 0 unspecified atom stereocenters. The summed E-state index contributed by atoms with van der Waals surface area (Å²) in [5.41, 5.74) is 1.37. The summed E-state index contributed by atoms with van der Waals surface area (Å²) in [5.74, 6) is 1.01. The largest absolute Gasteiger partial charge is 0.477 e. The molecule has 0 aliphatic carbocycles. The lowest BCUT2D eigenvalue weighted by molar-refractivity contribution is 0.0950. The van der Waals surface area contributed by atoms with Gasteiger partial charge in [0.2, 0.25) is 5.88 Å². The fourth-order valence-corrected chi connectivity index (χ4v) is 2.26. The second-order valence-corrected chi connectivity index (χ2v) is 5.37. The number of hydrogen-bond donors (Lipinski definition) is 1. The van der Waals surface area contributed by atoms with Gasteiger partial charge in [-0.2, -0.15) is 0 Å². The highest BCUT2D eigenvalue weighted by molar-refractivity contribution is 5.94. The second-order valence-electron chi connectivity index (χ2n) is 5.37. The van der Waals surface area contributed by atoms with Gasteiger partial charge >= 0.3 is 0 Å². The molecule has 0 saturated heterocycles. The quantitative estimate of drug-likeness (QED) is 0.716. The Morgan fingerprint density at radius 3 is 2.96 bits per heavy atom. The molecule has 25 heavy (non-hydrogen) atoms. The Bertz CT molecular complexity index is 833. The minimum atomic E-state index is -0.186. The number of aromatic nitrogens is 4. The Kier molecular flexibility index (Phi) is 5.36. The molecule has 0 aromatic carbocycles. The third-order valence-corrected chi connectivity index (χ3v) is 3.51. The molecule has 0 aliphatic heterocycles. The number of nitrogens with one attached hydrogen (secondary N) is 1. The molecule has 3 aromatic rings. The summed E-state index contributed by atoms with van der Waals surface area (Å²) in [6, 6.07) is 7.11. The van der Waals surface area contributed by atoms with Gasteiger partial charge in [0.05, 0.1) is 6.61 Å². The highest BCUT2D eigenvalue weighted by Gasteiger charge is 2.10. The van der Waals surface area contributed by atoms with Gasteiger partial charge in [-0.15, -0.1) is 0 Å². The lowest BCUT2D eigenvalue weighted by Gasteiger charge is -2.11. The summed E-state index contributed by atoms with van der Waals surface area (Å²) in [5, 5.41) is 2.89. The van der Waals surface area contributed by atoms with Crippen molar-refractivity contribution in [3.05, 3.63) is 66.5 Å². The summed E-state index contributed by atoms with van der Waals surface area (Å²) >= 11 is 0. The summed E-state index contributed by atoms with van der Waals surface area (Å²) in [4.78, 5) is 24.9. The van der Waals surface area contributed by atoms with E-state index in [9.17, 15) is 4.79 Å². The average molecular weight is 337 g/mol. The van der Waals surface area contributed by atoms with Gasteiger partial charge in [0, 0.05) is 42.5 Å². The number of carbonyl (C=O) groups excluding carboxylic acids is 1. The van der Waals surface area contributed by atoms with Crippen molar-refractivity contribution in [3.8, 4) is 11.7 Å². The Morgan fingerprint density at radius 1 is 1.24 bits per heavy atom. The first-order valence-corrected chi connectivity index (χ1v) is 8.07. The van der Waals surface area contributed by atoms with Crippen molar-refractivity contribution in [2.24, 2.45) is 0 Å². The lowest BCUT2D eigenvalue weighted by atomic mass is 10.2. The third kappa shape index (κ3) is 4.20. The van der Waals surface area contributed by atoms with Crippen molar-refractivity contribution in [2.45, 2.75) is 19.9 Å². The number of nitrogens with zero attached hydrogens (tertiary/aromatic N) is 4. The van der Waals surface area contributed by atoms with Crippen molar-refractivity contribution < 1.29 is 9.53 Å². The third-order valence-electron chi connectivity index (χ3n) is 3.51. The second kappa shape index (κ2) is 8.05. The molecule has 0 spiro atoms. The van der Waals surface area contributed by atoms with E-state index in [1.165, 1.54) is 0 Å². The van der Waals surface area contributed by atoms with E-state index < -0.39 is 0 Å². The zero-order valence-corrected chi connectivity index (χ0v) is 13.9. The first-order valence-electron chi connectivity index (χ1n) is 8.07. The van der Waals surface area contributed by atoms with Crippen LogP contribution in [-0.2, 0) is 6.54 Å². The van der Waals surface area contributed by atoms with Crippen LogP contribution in [0, 0.1) is 0 Å². The molecule has 7 heteroatoms. The molecule has 1 amide bonds. The smallest absolute Gasteiger partial charge is 0.251 e. The predicted octanol–water partition coefficient (Wildman–Crippen LogP) is 2.38. The number of imidazole rings is 1. The normalized spacial score (nSPS) is 10.4. The van der Waals surface area contributed by atoms with Crippen molar-refractivity contribution in [1.82, 2.24) is 24.8 Å². The van der Waals surface area contributed by atoms with Crippen LogP contribution in [0.15, 0.2) is 55.4 Å². The van der Waals surface area contributed by atoms with Gasteiger partial charge < -0.3 is 10.1 Å². The summed E-state index contributed by atoms with van der Waals surface area (Å²) in [6.45, 7) is 2.97. The fraction of sp³-hybridized carbons (Fsp3) is 0.222. The molecule has 0 aliphatic rings. The number of hydrogen-bond acceptors (Lipinski definition) is 5. The van der Waals surface area contributed by atoms with E-state index >= 15 is 0 Å². The molecule has 0 saturated carbocycles. The molecule has 3 rings (SSSR count). The number of ether oxygens (including phenoxy) is 1. The maximum Gasteiger partial charge on any atom is 0.251 e. The standard InChI is InChI=1S/C18H19N5O2/c1-2-10-25-18-15(4-3-6-21-18)12-22-17(24)14-5-7-20-16(11-14)23-9-8-19-13-23/h3-9,11,13H,2,10,12H2,1H3,(H,22,24). The van der Waals surface area contributed by atoms with Gasteiger partial charge in [0.15, 0.2) is 0 Å². The molecule has 0 atom stereocenters. The Balaban J connectivity index is 1.68. The van der Waals surface area contributed by atoms with Crippen molar-refractivity contribution in [3.63, 3.8) is 0 Å². The highest BCUT2D eigenvalue weighted by Crippen LogP contribution is 2.15. The predicted molar refractivity (Wildman–Crippen MR) is 92.6 cm³/mol. The summed E-state index contributed by atoms with van der Waals surface area (Å²) in [7, 11) is 0. The maximum absolute atomic E-state index is 12.4. The van der Waals surface area contributed by atoms with E-state index in [2.05, 4.69) is 20.3 Å². The molecule has 0 radical (unpaired) electrons. The van der Waals surface area contributed by atoms with E-state index in [4.69, 9.17) is 4.74 Å². The van der Waals surface area contributed by atoms with E-state index in [-0.39, 0.29) is 5.91 Å². The van der Waals surface area contributed by atoms with Gasteiger partial charge in [-0.05, 0) is 24.6 Å². The molecule has 0 bridgehead atoms. The number of carbonyl (C=O) groups is 1. The van der Waals surface area contributed by atoms with Gasteiger partial charge in [-0.3, -0.25) is 9.36 Å². The molecule has 1 N–H and O–H groups in total. The molecule has 3 heterocycles. The van der Waals surface area contributed by atoms with E-state index in [1.807, 2.05) is 19.1 Å². The maximum atomic E-state index is 12.4. The van der Waals surface area contributed by atoms with E-state index in [0.29, 0.717) is 30.4 Å². The van der Waals surface area contributed by atoms with Crippen LogP contribution in [0.5, 0.6) is 5.88 Å². The van der Waals surface area contributed by atoms with Gasteiger partial charge in [-0.1, -0.05) is 13.0 Å². The van der Waals surface area contributed by atoms with Gasteiger partial charge in [0.25, 0.3) is 5.91 Å². The van der Waals surface area contributed by atoms with Crippen molar-refractivity contribution >= 4 is 5.91 Å². The molecular weight excluding hydrogens is 318 g/mol. The van der Waals surface area contributed by atoms with Crippen LogP contribution in [-0.4, -0.2) is 32.0 Å². The van der Waals surface area contributed by atoms with Crippen molar-refractivity contribution in [2.75, 3.05) is 6.61 Å². The number of rotatable bonds is 7. The first-order chi connectivity index (χ1) is 12.3. The number of amides is 1.